The van der Waals surface area contributed by atoms with Crippen LogP contribution in [0.1, 0.15) is 16.7 Å². The maximum atomic E-state index is 12.3. The second-order valence-corrected chi connectivity index (χ2v) is 8.08. The van der Waals surface area contributed by atoms with E-state index in [9.17, 15) is 8.42 Å². The summed E-state index contributed by atoms with van der Waals surface area (Å²) < 4.78 is 33.0. The molecule has 5 nitrogen and oxygen atoms in total. The highest BCUT2D eigenvalue weighted by atomic mass is 32.2. The van der Waals surface area contributed by atoms with Crippen molar-refractivity contribution < 1.29 is 13.2 Å². The molecule has 3 aromatic carbocycles. The van der Waals surface area contributed by atoms with Gasteiger partial charge in [0.15, 0.2) is 0 Å². The van der Waals surface area contributed by atoms with E-state index in [0.717, 1.165) is 16.9 Å². The number of nitrogens with two attached hydrogens (primary N) is 1. The summed E-state index contributed by atoms with van der Waals surface area (Å²) in [7, 11) is -3.57. The molecule has 0 atom stereocenters. The summed E-state index contributed by atoms with van der Waals surface area (Å²) in [4.78, 5) is 0.190. The summed E-state index contributed by atoms with van der Waals surface area (Å²) in [6.07, 6.45) is 0. The molecule has 0 radical (unpaired) electrons. The lowest BCUT2D eigenvalue weighted by molar-refractivity contribution is 0.306. The summed E-state index contributed by atoms with van der Waals surface area (Å²) in [6.45, 7) is 2.74. The summed E-state index contributed by atoms with van der Waals surface area (Å²) >= 11 is 0. The monoisotopic (exact) mass is 382 g/mol. The van der Waals surface area contributed by atoms with Crippen LogP contribution in [0.4, 0.5) is 5.69 Å². The molecule has 0 aromatic heterocycles. The van der Waals surface area contributed by atoms with E-state index in [1.807, 2.05) is 49.4 Å². The number of nitrogens with one attached hydrogen (secondary N) is 1. The van der Waals surface area contributed by atoms with Gasteiger partial charge < -0.3 is 10.5 Å². The number of anilines is 1. The largest absolute Gasteiger partial charge is 0.489 e. The number of ether oxygens (including phenoxy) is 1. The van der Waals surface area contributed by atoms with E-state index in [4.69, 9.17) is 10.5 Å². The first-order chi connectivity index (χ1) is 12.9. The molecule has 0 bridgehead atoms. The van der Waals surface area contributed by atoms with Gasteiger partial charge in [-0.3, -0.25) is 0 Å². The molecule has 0 heterocycles. The number of hydrogen-bond donors (Lipinski definition) is 2. The molecular weight excluding hydrogens is 360 g/mol. The molecule has 0 aliphatic carbocycles. The van der Waals surface area contributed by atoms with Crippen molar-refractivity contribution in [2.75, 3.05) is 5.73 Å². The second-order valence-electron chi connectivity index (χ2n) is 6.32. The Morgan fingerprint density at radius 2 is 1.63 bits per heavy atom. The Morgan fingerprint density at radius 3 is 2.30 bits per heavy atom. The maximum absolute atomic E-state index is 12.3. The van der Waals surface area contributed by atoms with Crippen LogP contribution >= 0.6 is 0 Å². The molecule has 27 heavy (non-hydrogen) atoms. The van der Waals surface area contributed by atoms with Crippen LogP contribution in [-0.4, -0.2) is 8.42 Å². The standard InChI is InChI=1S/C21H22N2O3S/c1-16-3-2-4-18(13-16)15-26-20-9-5-17(6-10-20)14-23-27(24,25)21-11-7-19(22)8-12-21/h2-13,23H,14-15,22H2,1H3. The molecule has 6 heteroatoms. The highest BCUT2D eigenvalue weighted by molar-refractivity contribution is 7.89. The third-order valence-corrected chi connectivity index (χ3v) is 5.49. The van der Waals surface area contributed by atoms with E-state index < -0.39 is 10.0 Å². The molecule has 3 aromatic rings. The van der Waals surface area contributed by atoms with Crippen molar-refractivity contribution in [3.63, 3.8) is 0 Å². The SMILES string of the molecule is Cc1cccc(COc2ccc(CNS(=O)(=O)c3ccc(N)cc3)cc2)c1. The van der Waals surface area contributed by atoms with Crippen LogP contribution < -0.4 is 15.2 Å². The molecule has 0 saturated carbocycles. The Morgan fingerprint density at radius 1 is 0.926 bits per heavy atom. The smallest absolute Gasteiger partial charge is 0.240 e. The first kappa shape index (κ1) is 18.9. The van der Waals surface area contributed by atoms with Crippen LogP contribution in [-0.2, 0) is 23.2 Å². The van der Waals surface area contributed by atoms with E-state index in [2.05, 4.69) is 10.8 Å². The van der Waals surface area contributed by atoms with Crippen LogP contribution in [0.5, 0.6) is 5.75 Å². The average Bonchev–Trinajstić information content (AvgIpc) is 2.66. The lowest BCUT2D eigenvalue weighted by Gasteiger charge is -2.09. The summed E-state index contributed by atoms with van der Waals surface area (Å²) in [5.41, 5.74) is 9.26. The topological polar surface area (TPSA) is 81.4 Å². The third-order valence-electron chi connectivity index (χ3n) is 4.07. The van der Waals surface area contributed by atoms with Crippen molar-refractivity contribution in [3.8, 4) is 5.75 Å². The fourth-order valence-electron chi connectivity index (χ4n) is 2.58. The van der Waals surface area contributed by atoms with E-state index in [1.165, 1.54) is 17.7 Å². The van der Waals surface area contributed by atoms with Crippen LogP contribution in [0.15, 0.2) is 77.7 Å². The molecule has 0 aliphatic heterocycles. The molecule has 0 aliphatic rings. The Bertz CT molecular complexity index is 998. The number of sulfonamides is 1. The molecule has 3 rings (SSSR count). The lowest BCUT2D eigenvalue weighted by Crippen LogP contribution is -2.23. The quantitative estimate of drug-likeness (QED) is 0.611. The Hall–Kier alpha value is -2.83. The van der Waals surface area contributed by atoms with Crippen molar-refractivity contribution in [1.82, 2.24) is 4.72 Å². The maximum Gasteiger partial charge on any atom is 0.240 e. The third kappa shape index (κ3) is 5.32. The summed E-state index contributed by atoms with van der Waals surface area (Å²) in [6, 6.07) is 21.6. The van der Waals surface area contributed by atoms with Gasteiger partial charge in [0.1, 0.15) is 12.4 Å². The zero-order valence-electron chi connectivity index (χ0n) is 15.1. The van der Waals surface area contributed by atoms with Gasteiger partial charge in [-0.1, -0.05) is 42.0 Å². The minimum absolute atomic E-state index is 0.190. The number of benzene rings is 3. The molecule has 0 spiro atoms. The van der Waals surface area contributed by atoms with Crippen LogP contribution in [0.25, 0.3) is 0 Å². The molecule has 0 saturated heterocycles. The van der Waals surface area contributed by atoms with Crippen molar-refractivity contribution in [2.45, 2.75) is 25.0 Å². The number of nitrogen functional groups attached to an aromatic ring is 1. The first-order valence-electron chi connectivity index (χ1n) is 8.55. The van der Waals surface area contributed by atoms with Gasteiger partial charge in [-0.05, 0) is 54.4 Å². The molecule has 0 fully saturated rings. The van der Waals surface area contributed by atoms with Gasteiger partial charge >= 0.3 is 0 Å². The van der Waals surface area contributed by atoms with Gasteiger partial charge in [0.05, 0.1) is 4.90 Å². The molecule has 0 unspecified atom stereocenters. The fraction of sp³-hybridized carbons (Fsp3) is 0.143. The zero-order valence-corrected chi connectivity index (χ0v) is 15.9. The average molecular weight is 382 g/mol. The van der Waals surface area contributed by atoms with E-state index in [0.29, 0.717) is 12.3 Å². The predicted molar refractivity (Wildman–Crippen MR) is 107 cm³/mol. The number of hydrogen-bond acceptors (Lipinski definition) is 4. The van der Waals surface area contributed by atoms with Crippen LogP contribution in [0.3, 0.4) is 0 Å². The van der Waals surface area contributed by atoms with Crippen LogP contribution in [0, 0.1) is 6.92 Å². The first-order valence-corrected chi connectivity index (χ1v) is 10.0. The van der Waals surface area contributed by atoms with Crippen molar-refractivity contribution >= 4 is 15.7 Å². The van der Waals surface area contributed by atoms with Crippen molar-refractivity contribution in [1.29, 1.82) is 0 Å². The van der Waals surface area contributed by atoms with Gasteiger partial charge in [0.2, 0.25) is 10.0 Å². The van der Waals surface area contributed by atoms with E-state index >= 15 is 0 Å². The molecular formula is C21H22N2O3S. The minimum Gasteiger partial charge on any atom is -0.489 e. The Balaban J connectivity index is 1.56. The number of rotatable bonds is 7. The van der Waals surface area contributed by atoms with Crippen LogP contribution in [0.2, 0.25) is 0 Å². The van der Waals surface area contributed by atoms with Crippen molar-refractivity contribution in [3.05, 3.63) is 89.5 Å². The van der Waals surface area contributed by atoms with Gasteiger partial charge in [-0.2, -0.15) is 0 Å². The minimum atomic E-state index is -3.57. The molecule has 3 N–H and O–H groups in total. The summed E-state index contributed by atoms with van der Waals surface area (Å²) in [5.74, 6) is 0.738. The fourth-order valence-corrected chi connectivity index (χ4v) is 3.60. The normalized spacial score (nSPS) is 11.3. The van der Waals surface area contributed by atoms with Crippen molar-refractivity contribution in [2.24, 2.45) is 0 Å². The molecule has 0 amide bonds. The summed E-state index contributed by atoms with van der Waals surface area (Å²) in [5, 5.41) is 0. The lowest BCUT2D eigenvalue weighted by atomic mass is 10.1. The van der Waals surface area contributed by atoms with Gasteiger partial charge in [-0.25, -0.2) is 13.1 Å². The van der Waals surface area contributed by atoms with Gasteiger partial charge in [-0.15, -0.1) is 0 Å². The predicted octanol–water partition coefficient (Wildman–Crippen LogP) is 3.63. The van der Waals surface area contributed by atoms with Gasteiger partial charge in [0.25, 0.3) is 0 Å². The van der Waals surface area contributed by atoms with Gasteiger partial charge in [0, 0.05) is 12.2 Å². The number of aryl methyl sites for hydroxylation is 1. The van der Waals surface area contributed by atoms with E-state index in [-0.39, 0.29) is 11.4 Å². The Labute approximate surface area is 159 Å². The highest BCUT2D eigenvalue weighted by Gasteiger charge is 2.13. The van der Waals surface area contributed by atoms with E-state index in [1.54, 1.807) is 12.1 Å². The zero-order chi connectivity index (χ0) is 19.3. The Kier molecular flexibility index (Phi) is 5.78. The molecule has 140 valence electrons. The highest BCUT2D eigenvalue weighted by Crippen LogP contribution is 2.16. The second kappa shape index (κ2) is 8.24.